The highest BCUT2D eigenvalue weighted by Gasteiger charge is 2.18. The third-order valence-corrected chi connectivity index (χ3v) is 6.75. The number of nitrogens with one attached hydrogen (secondary N) is 1. The van der Waals surface area contributed by atoms with Crippen LogP contribution in [0.25, 0.3) is 10.2 Å². The standard InChI is InChI=1S/C20H20N4O4S2/c1-5-9-23-19(26)17-11(2)13(4)30-18(17)22-20(23)29-10-16(25)21-14-7-6-8-15(12(14)3)24(27)28/h5-8H,1,9-10H2,2-4H3,(H,21,25). The normalized spacial score (nSPS) is 10.9. The number of aryl methyl sites for hydroxylation is 2. The van der Waals surface area contributed by atoms with Crippen LogP contribution in [0.4, 0.5) is 11.4 Å². The minimum atomic E-state index is -0.488. The van der Waals surface area contributed by atoms with E-state index in [1.807, 2.05) is 13.8 Å². The van der Waals surface area contributed by atoms with Crippen LogP contribution in [0.5, 0.6) is 0 Å². The number of aromatic nitrogens is 2. The lowest BCUT2D eigenvalue weighted by molar-refractivity contribution is -0.385. The van der Waals surface area contributed by atoms with Crippen molar-refractivity contribution >= 4 is 50.6 Å². The number of nitro benzene ring substituents is 1. The Morgan fingerprint density at radius 1 is 1.37 bits per heavy atom. The summed E-state index contributed by atoms with van der Waals surface area (Å²) < 4.78 is 1.51. The van der Waals surface area contributed by atoms with Crippen LogP contribution in [0.2, 0.25) is 0 Å². The summed E-state index contributed by atoms with van der Waals surface area (Å²) in [6.07, 6.45) is 1.61. The van der Waals surface area contributed by atoms with Crippen molar-refractivity contribution in [3.05, 3.63) is 67.3 Å². The van der Waals surface area contributed by atoms with Gasteiger partial charge in [-0.05, 0) is 32.4 Å². The molecular weight excluding hydrogens is 424 g/mol. The van der Waals surface area contributed by atoms with E-state index in [0.717, 1.165) is 22.2 Å². The molecule has 2 heterocycles. The molecule has 0 radical (unpaired) electrons. The first-order valence-electron chi connectivity index (χ1n) is 9.02. The number of amides is 1. The third kappa shape index (κ3) is 4.14. The summed E-state index contributed by atoms with van der Waals surface area (Å²) in [5, 5.41) is 14.8. The fraction of sp³-hybridized carbons (Fsp3) is 0.250. The number of carbonyl (C=O) groups excluding carboxylic acids is 1. The van der Waals surface area contributed by atoms with E-state index in [0.29, 0.717) is 26.6 Å². The van der Waals surface area contributed by atoms with E-state index >= 15 is 0 Å². The number of rotatable bonds is 7. The molecular formula is C20H20N4O4S2. The zero-order valence-electron chi connectivity index (χ0n) is 16.7. The number of fused-ring (bicyclic) bond motifs is 1. The maximum atomic E-state index is 13.0. The summed E-state index contributed by atoms with van der Waals surface area (Å²) in [6, 6.07) is 4.52. The minimum absolute atomic E-state index is 0.000557. The van der Waals surface area contributed by atoms with Crippen molar-refractivity contribution in [3.8, 4) is 0 Å². The fourth-order valence-corrected chi connectivity index (χ4v) is 4.86. The zero-order valence-corrected chi connectivity index (χ0v) is 18.4. The van der Waals surface area contributed by atoms with E-state index in [-0.39, 0.29) is 29.5 Å². The minimum Gasteiger partial charge on any atom is -0.325 e. The van der Waals surface area contributed by atoms with E-state index in [9.17, 15) is 19.7 Å². The molecule has 0 fully saturated rings. The van der Waals surface area contributed by atoms with Gasteiger partial charge in [0.1, 0.15) is 4.83 Å². The number of hydrogen-bond donors (Lipinski definition) is 1. The molecule has 10 heteroatoms. The highest BCUT2D eigenvalue weighted by molar-refractivity contribution is 7.99. The van der Waals surface area contributed by atoms with Gasteiger partial charge in [0.2, 0.25) is 5.91 Å². The first-order valence-corrected chi connectivity index (χ1v) is 10.8. The first kappa shape index (κ1) is 21.7. The van der Waals surface area contributed by atoms with E-state index in [1.165, 1.54) is 28.0 Å². The second-order valence-corrected chi connectivity index (χ2v) is 8.75. The van der Waals surface area contributed by atoms with Gasteiger partial charge in [-0.3, -0.25) is 24.3 Å². The zero-order chi connectivity index (χ0) is 22.0. The van der Waals surface area contributed by atoms with Crippen LogP contribution in [0.3, 0.4) is 0 Å². The van der Waals surface area contributed by atoms with Crippen LogP contribution in [0.15, 0.2) is 40.8 Å². The molecule has 0 bridgehead atoms. The molecule has 0 aliphatic heterocycles. The van der Waals surface area contributed by atoms with Crippen LogP contribution >= 0.6 is 23.1 Å². The molecule has 0 unspecified atom stereocenters. The van der Waals surface area contributed by atoms with Gasteiger partial charge in [0.25, 0.3) is 11.2 Å². The van der Waals surface area contributed by atoms with Crippen LogP contribution in [0, 0.1) is 30.9 Å². The average Bonchev–Trinajstić information content (AvgIpc) is 2.98. The Hall–Kier alpha value is -2.98. The van der Waals surface area contributed by atoms with Gasteiger partial charge in [-0.2, -0.15) is 0 Å². The molecule has 1 amide bonds. The second-order valence-electron chi connectivity index (χ2n) is 6.61. The highest BCUT2D eigenvalue weighted by Crippen LogP contribution is 2.29. The molecule has 1 N–H and O–H groups in total. The summed E-state index contributed by atoms with van der Waals surface area (Å²) in [4.78, 5) is 42.3. The Morgan fingerprint density at radius 3 is 2.77 bits per heavy atom. The van der Waals surface area contributed by atoms with Gasteiger partial charge in [0, 0.05) is 17.5 Å². The molecule has 30 heavy (non-hydrogen) atoms. The lowest BCUT2D eigenvalue weighted by atomic mass is 10.1. The number of nitrogens with zero attached hydrogens (tertiary/aromatic N) is 3. The third-order valence-electron chi connectivity index (χ3n) is 4.67. The molecule has 0 saturated heterocycles. The van der Waals surface area contributed by atoms with Crippen LogP contribution in [-0.4, -0.2) is 26.1 Å². The van der Waals surface area contributed by atoms with Crippen molar-refractivity contribution in [2.75, 3.05) is 11.1 Å². The predicted octanol–water partition coefficient (Wildman–Crippen LogP) is 4.21. The maximum Gasteiger partial charge on any atom is 0.274 e. The monoisotopic (exact) mass is 444 g/mol. The Kier molecular flexibility index (Phi) is 6.37. The van der Waals surface area contributed by atoms with Crippen molar-refractivity contribution in [3.63, 3.8) is 0 Å². The SMILES string of the molecule is C=CCn1c(SCC(=O)Nc2cccc([N+](=O)[O-])c2C)nc2sc(C)c(C)c2c1=O. The van der Waals surface area contributed by atoms with Crippen molar-refractivity contribution < 1.29 is 9.72 Å². The number of carbonyl (C=O) groups is 1. The maximum absolute atomic E-state index is 13.0. The first-order chi connectivity index (χ1) is 14.2. The number of anilines is 1. The highest BCUT2D eigenvalue weighted by atomic mass is 32.2. The molecule has 8 nitrogen and oxygen atoms in total. The van der Waals surface area contributed by atoms with Crippen LogP contribution in [-0.2, 0) is 11.3 Å². The van der Waals surface area contributed by atoms with E-state index in [4.69, 9.17) is 0 Å². The van der Waals surface area contributed by atoms with E-state index in [1.54, 1.807) is 19.1 Å². The topological polar surface area (TPSA) is 107 Å². The van der Waals surface area contributed by atoms with Gasteiger partial charge < -0.3 is 5.32 Å². The second kappa shape index (κ2) is 8.80. The molecule has 0 atom stereocenters. The number of nitro groups is 1. The number of allylic oxidation sites excluding steroid dienone is 1. The fourth-order valence-electron chi connectivity index (χ4n) is 2.98. The van der Waals surface area contributed by atoms with Crippen molar-refractivity contribution in [2.45, 2.75) is 32.5 Å². The van der Waals surface area contributed by atoms with Gasteiger partial charge >= 0.3 is 0 Å². The molecule has 0 saturated carbocycles. The van der Waals surface area contributed by atoms with Gasteiger partial charge in [0.15, 0.2) is 5.16 Å². The molecule has 2 aromatic heterocycles. The summed E-state index contributed by atoms with van der Waals surface area (Å²) in [6.45, 7) is 9.41. The van der Waals surface area contributed by atoms with Crippen molar-refractivity contribution in [2.24, 2.45) is 0 Å². The predicted molar refractivity (Wildman–Crippen MR) is 121 cm³/mol. The molecule has 156 valence electrons. The number of thiophene rings is 1. The molecule has 1 aromatic carbocycles. The number of thioether (sulfide) groups is 1. The average molecular weight is 445 g/mol. The van der Waals surface area contributed by atoms with Gasteiger partial charge in [-0.1, -0.05) is 23.9 Å². The lowest BCUT2D eigenvalue weighted by Gasteiger charge is -2.11. The van der Waals surface area contributed by atoms with Crippen molar-refractivity contribution in [1.29, 1.82) is 0 Å². The van der Waals surface area contributed by atoms with E-state index in [2.05, 4.69) is 16.9 Å². The molecule has 0 aliphatic rings. The molecule has 0 aliphatic carbocycles. The van der Waals surface area contributed by atoms with Gasteiger partial charge in [-0.25, -0.2) is 4.98 Å². The Bertz CT molecular complexity index is 1230. The molecule has 3 aromatic rings. The quantitative estimate of drug-likeness (QED) is 0.192. The Balaban J connectivity index is 1.85. The van der Waals surface area contributed by atoms with Crippen LogP contribution in [0.1, 0.15) is 16.0 Å². The van der Waals surface area contributed by atoms with Gasteiger partial charge in [-0.15, -0.1) is 17.9 Å². The lowest BCUT2D eigenvalue weighted by Crippen LogP contribution is -2.23. The smallest absolute Gasteiger partial charge is 0.274 e. The summed E-state index contributed by atoms with van der Waals surface area (Å²) in [7, 11) is 0. The van der Waals surface area contributed by atoms with Crippen LogP contribution < -0.4 is 10.9 Å². The Labute approximate surface area is 180 Å². The van der Waals surface area contributed by atoms with E-state index < -0.39 is 4.92 Å². The summed E-state index contributed by atoms with van der Waals surface area (Å²) >= 11 is 2.59. The number of benzene rings is 1. The summed E-state index contributed by atoms with van der Waals surface area (Å²) in [5.74, 6) is -0.345. The van der Waals surface area contributed by atoms with Crippen molar-refractivity contribution in [1.82, 2.24) is 9.55 Å². The number of hydrogen-bond acceptors (Lipinski definition) is 7. The molecule has 3 rings (SSSR count). The Morgan fingerprint density at radius 2 is 2.10 bits per heavy atom. The molecule has 0 spiro atoms. The van der Waals surface area contributed by atoms with Gasteiger partial charge in [0.05, 0.1) is 27.3 Å². The largest absolute Gasteiger partial charge is 0.325 e. The summed E-state index contributed by atoms with van der Waals surface area (Å²) in [5.41, 5.74) is 1.47.